The number of alkyl halides is 2. The van der Waals surface area contributed by atoms with Gasteiger partial charge in [0.15, 0.2) is 29.5 Å². The fraction of sp³-hybridized carbons (Fsp3) is 0.394. The van der Waals surface area contributed by atoms with Crippen LogP contribution in [0, 0.1) is 11.1 Å². The maximum absolute atomic E-state index is 13.5. The number of anilines is 1. The number of fused-ring (bicyclic) bond motifs is 1. The standard InChI is InChI=1S/C33H33Cl2F2N3O11S/c1-33(2,3)51-30(42)16-40(52(45)46)20-7-8-24-27(11-20)50-32(43)39(24)15-29(41)48-26(12-21-22(34)13-38(44)14-23(21)35)19-6-9-25(49-31(36)37)28(10-19)47-17-18-4-5-18/h6-11,13-14,18,26,31H,4-5,12,15-17H2,1-3H3,(H,45,46)/t26-/m0/s1. The molecule has 0 amide bonds. The van der Waals surface area contributed by atoms with Gasteiger partial charge < -0.3 is 28.6 Å². The van der Waals surface area contributed by atoms with Crippen molar-refractivity contribution in [3.63, 3.8) is 0 Å². The van der Waals surface area contributed by atoms with Crippen LogP contribution in [-0.2, 0) is 43.3 Å². The highest BCUT2D eigenvalue weighted by Gasteiger charge is 2.28. The van der Waals surface area contributed by atoms with Crippen LogP contribution in [0.4, 0.5) is 14.5 Å². The van der Waals surface area contributed by atoms with Crippen LogP contribution in [0.15, 0.2) is 58.0 Å². The van der Waals surface area contributed by atoms with Crippen molar-refractivity contribution < 1.29 is 55.2 Å². The molecule has 1 N–H and O–H groups in total. The van der Waals surface area contributed by atoms with Gasteiger partial charge >= 0.3 is 24.3 Å². The molecule has 2 heterocycles. The quantitative estimate of drug-likeness (QED) is 0.0674. The molecule has 2 aromatic heterocycles. The van der Waals surface area contributed by atoms with Crippen molar-refractivity contribution >= 4 is 63.2 Å². The van der Waals surface area contributed by atoms with Gasteiger partial charge in [-0.25, -0.2) is 9.00 Å². The number of carbonyl (C=O) groups is 2. The minimum atomic E-state index is -3.14. The number of carbonyl (C=O) groups excluding carboxylic acids is 2. The molecule has 0 spiro atoms. The van der Waals surface area contributed by atoms with Crippen LogP contribution in [-0.4, -0.2) is 50.6 Å². The summed E-state index contributed by atoms with van der Waals surface area (Å²) in [6.45, 7) is 0.750. The summed E-state index contributed by atoms with van der Waals surface area (Å²) in [5, 5.41) is 11.8. The molecule has 0 radical (unpaired) electrons. The van der Waals surface area contributed by atoms with E-state index in [1.807, 2.05) is 0 Å². The number of oxazole rings is 1. The molecule has 0 saturated heterocycles. The van der Waals surface area contributed by atoms with Gasteiger partial charge in [0.1, 0.15) is 34.8 Å². The Bertz CT molecular complexity index is 2030. The minimum Gasteiger partial charge on any atom is -0.619 e. The van der Waals surface area contributed by atoms with Gasteiger partial charge in [-0.2, -0.15) is 13.5 Å². The van der Waals surface area contributed by atoms with E-state index in [0.717, 1.165) is 34.1 Å². The van der Waals surface area contributed by atoms with Gasteiger partial charge in [0.05, 0.1) is 17.8 Å². The molecule has 280 valence electrons. The third kappa shape index (κ3) is 10.1. The van der Waals surface area contributed by atoms with Gasteiger partial charge in [-0.3, -0.25) is 23.0 Å². The first-order chi connectivity index (χ1) is 24.5. The maximum Gasteiger partial charge on any atom is 0.420 e. The van der Waals surface area contributed by atoms with Gasteiger partial charge in [-0.15, -0.1) is 0 Å². The lowest BCUT2D eigenvalue weighted by molar-refractivity contribution is -0.605. The smallest absolute Gasteiger partial charge is 0.420 e. The van der Waals surface area contributed by atoms with Crippen LogP contribution in [0.2, 0.25) is 10.0 Å². The average molecular weight is 789 g/mol. The summed E-state index contributed by atoms with van der Waals surface area (Å²) < 4.78 is 77.3. The van der Waals surface area contributed by atoms with Gasteiger partial charge in [0.2, 0.25) is 0 Å². The highest BCUT2D eigenvalue weighted by Crippen LogP contribution is 2.38. The van der Waals surface area contributed by atoms with Crippen LogP contribution in [0.5, 0.6) is 11.5 Å². The van der Waals surface area contributed by atoms with Gasteiger partial charge in [-0.1, -0.05) is 29.3 Å². The zero-order valence-electron chi connectivity index (χ0n) is 27.9. The number of hydrogen-bond acceptors (Lipinski definition) is 10. The lowest BCUT2D eigenvalue weighted by Gasteiger charge is -2.23. The summed E-state index contributed by atoms with van der Waals surface area (Å²) >= 11 is 9.98. The molecule has 1 saturated carbocycles. The van der Waals surface area contributed by atoms with Gasteiger partial charge in [0.25, 0.3) is 11.3 Å². The van der Waals surface area contributed by atoms with Crippen molar-refractivity contribution in [3.8, 4) is 11.5 Å². The third-order valence-corrected chi connectivity index (χ3v) is 8.92. The second-order valence-electron chi connectivity index (χ2n) is 12.8. The topological polar surface area (TPSA) is 174 Å². The summed E-state index contributed by atoms with van der Waals surface area (Å²) in [4.78, 5) is 38.8. The maximum atomic E-state index is 13.5. The molecule has 1 fully saturated rings. The van der Waals surface area contributed by atoms with E-state index in [0.29, 0.717) is 4.73 Å². The van der Waals surface area contributed by atoms with Crippen LogP contribution in [0.3, 0.4) is 0 Å². The molecule has 2 aromatic carbocycles. The Labute approximate surface area is 307 Å². The summed E-state index contributed by atoms with van der Waals surface area (Å²) in [5.74, 6) is -2.70. The van der Waals surface area contributed by atoms with Crippen LogP contribution < -0.4 is 24.3 Å². The van der Waals surface area contributed by atoms with Gasteiger partial charge in [0, 0.05) is 18.1 Å². The number of pyridine rings is 1. The number of nitrogens with zero attached hydrogens (tertiary/aromatic N) is 3. The van der Waals surface area contributed by atoms with E-state index in [1.165, 1.54) is 36.4 Å². The van der Waals surface area contributed by atoms with E-state index >= 15 is 0 Å². The molecule has 1 unspecified atom stereocenters. The summed E-state index contributed by atoms with van der Waals surface area (Å²) in [7, 11) is 0. The monoisotopic (exact) mass is 787 g/mol. The number of rotatable bonds is 15. The van der Waals surface area contributed by atoms with Crippen molar-refractivity contribution in [2.75, 3.05) is 17.5 Å². The molecule has 52 heavy (non-hydrogen) atoms. The molecule has 0 aliphatic heterocycles. The fourth-order valence-electron chi connectivity index (χ4n) is 5.07. The number of ether oxygens (including phenoxy) is 4. The minimum absolute atomic E-state index is 0.0224. The Hall–Kier alpha value is -4.45. The largest absolute Gasteiger partial charge is 0.619 e. The van der Waals surface area contributed by atoms with Gasteiger partial charge in [-0.05, 0) is 69.4 Å². The van der Waals surface area contributed by atoms with E-state index in [1.54, 1.807) is 20.8 Å². The lowest BCUT2D eigenvalue weighted by Crippen LogP contribution is -2.35. The summed E-state index contributed by atoms with van der Waals surface area (Å²) in [5.41, 5.74) is -0.273. The molecule has 19 heteroatoms. The molecular weight excluding hydrogens is 755 g/mol. The molecule has 0 bridgehead atoms. The van der Waals surface area contributed by atoms with Crippen LogP contribution in [0.1, 0.15) is 50.8 Å². The van der Waals surface area contributed by atoms with E-state index in [9.17, 15) is 37.1 Å². The van der Waals surface area contributed by atoms with E-state index in [-0.39, 0.29) is 68.4 Å². The Balaban J connectivity index is 1.43. The predicted octanol–water partition coefficient (Wildman–Crippen LogP) is 5.74. The highest BCUT2D eigenvalue weighted by molar-refractivity contribution is 7.80. The van der Waals surface area contributed by atoms with Crippen molar-refractivity contribution in [2.24, 2.45) is 5.92 Å². The van der Waals surface area contributed by atoms with Crippen LogP contribution in [0.25, 0.3) is 11.1 Å². The average Bonchev–Trinajstić information content (AvgIpc) is 3.81. The van der Waals surface area contributed by atoms with Crippen molar-refractivity contribution in [1.29, 1.82) is 0 Å². The molecule has 1 aliphatic rings. The first kappa shape index (κ1) is 38.8. The number of esters is 2. The number of aromatic nitrogens is 2. The summed E-state index contributed by atoms with van der Waals surface area (Å²) in [6, 6.07) is 7.94. The normalized spacial score (nSPS) is 14.2. The van der Waals surface area contributed by atoms with E-state index < -0.39 is 60.4 Å². The molecule has 2 atom stereocenters. The Morgan fingerprint density at radius 3 is 2.42 bits per heavy atom. The number of hydrogen-bond donors (Lipinski definition) is 1. The number of halogens is 4. The van der Waals surface area contributed by atoms with Crippen molar-refractivity contribution in [3.05, 3.63) is 85.7 Å². The molecule has 14 nitrogen and oxygen atoms in total. The van der Waals surface area contributed by atoms with Crippen LogP contribution >= 0.6 is 23.2 Å². The van der Waals surface area contributed by atoms with E-state index in [2.05, 4.69) is 4.74 Å². The third-order valence-electron chi connectivity index (χ3n) is 7.56. The highest BCUT2D eigenvalue weighted by atomic mass is 35.5. The van der Waals surface area contributed by atoms with Crippen molar-refractivity contribution in [2.45, 2.75) is 64.9 Å². The Morgan fingerprint density at radius 2 is 1.81 bits per heavy atom. The van der Waals surface area contributed by atoms with E-state index in [4.69, 9.17) is 41.8 Å². The molecular formula is C33H33Cl2F2N3O11S. The number of benzene rings is 2. The first-order valence-electron chi connectivity index (χ1n) is 15.7. The Kier molecular flexibility index (Phi) is 12.0. The first-order valence-corrected chi connectivity index (χ1v) is 17.5. The second-order valence-corrected chi connectivity index (χ2v) is 14.5. The second kappa shape index (κ2) is 16.1. The zero-order valence-corrected chi connectivity index (χ0v) is 30.2. The molecule has 4 aromatic rings. The Morgan fingerprint density at radius 1 is 1.12 bits per heavy atom. The lowest BCUT2D eigenvalue weighted by atomic mass is 10.0. The molecule has 1 aliphatic carbocycles. The van der Waals surface area contributed by atoms with Crippen molar-refractivity contribution in [1.82, 2.24) is 4.57 Å². The SMILES string of the molecule is CC(C)(C)OC(=O)CN(c1ccc2c(c1)oc(=O)n2CC(=O)O[C@@H](Cc1c(Cl)c[n+]([O-])cc1Cl)c1ccc(OC(F)F)c(OCC2CC2)c1)S(=O)O. The molecule has 5 rings (SSSR count). The predicted molar refractivity (Wildman–Crippen MR) is 184 cm³/mol. The fourth-order valence-corrected chi connectivity index (χ4v) is 6.18. The zero-order chi connectivity index (χ0) is 37.9. The summed E-state index contributed by atoms with van der Waals surface area (Å²) in [6.07, 6.45) is 2.57.